The van der Waals surface area contributed by atoms with E-state index in [9.17, 15) is 13.2 Å². The molecule has 3 aromatic rings. The fourth-order valence-electron chi connectivity index (χ4n) is 2.61. The highest BCUT2D eigenvalue weighted by atomic mass is 32.2. The first kappa shape index (κ1) is 17.0. The lowest BCUT2D eigenvalue weighted by molar-refractivity contribution is 0.0599. The Hall–Kier alpha value is -2.86. The van der Waals surface area contributed by atoms with Crippen molar-refractivity contribution in [2.45, 2.75) is 11.8 Å². The average Bonchev–Trinajstić information content (AvgIpc) is 2.60. The monoisotopic (exact) mass is 356 g/mol. The highest BCUT2D eigenvalue weighted by Crippen LogP contribution is 2.26. The van der Waals surface area contributed by atoms with Gasteiger partial charge in [-0.3, -0.25) is 0 Å². The predicted molar refractivity (Wildman–Crippen MR) is 94.3 cm³/mol. The molecule has 128 valence electrons. The number of ether oxygens (including phenoxy) is 1. The van der Waals surface area contributed by atoms with Crippen molar-refractivity contribution < 1.29 is 22.1 Å². The Balaban J connectivity index is 2.00. The van der Waals surface area contributed by atoms with Gasteiger partial charge in [0, 0.05) is 0 Å². The Labute approximate surface area is 145 Å². The van der Waals surface area contributed by atoms with E-state index in [2.05, 4.69) is 4.74 Å². The number of rotatable bonds is 4. The van der Waals surface area contributed by atoms with E-state index in [1.165, 1.54) is 25.3 Å². The molecular weight excluding hydrogens is 340 g/mol. The summed E-state index contributed by atoms with van der Waals surface area (Å²) >= 11 is 0. The zero-order chi connectivity index (χ0) is 18.0. The molecule has 0 amide bonds. The summed E-state index contributed by atoms with van der Waals surface area (Å²) in [7, 11) is -2.84. The van der Waals surface area contributed by atoms with Crippen LogP contribution in [-0.4, -0.2) is 21.5 Å². The van der Waals surface area contributed by atoms with Gasteiger partial charge in [0.1, 0.15) is 10.6 Å². The van der Waals surface area contributed by atoms with Crippen molar-refractivity contribution in [1.29, 1.82) is 0 Å². The van der Waals surface area contributed by atoms with Gasteiger partial charge < -0.3 is 8.92 Å². The van der Waals surface area contributed by atoms with Gasteiger partial charge in [-0.25, -0.2) is 4.79 Å². The number of methoxy groups -OCH3 is 1. The van der Waals surface area contributed by atoms with Gasteiger partial charge in [0.05, 0.1) is 12.7 Å². The first-order chi connectivity index (χ1) is 11.9. The summed E-state index contributed by atoms with van der Waals surface area (Å²) in [6.45, 7) is 1.54. The molecule has 0 aliphatic carbocycles. The maximum atomic E-state index is 12.6. The molecule has 0 atom stereocenters. The smallest absolute Gasteiger partial charge is 0.339 e. The van der Waals surface area contributed by atoms with Gasteiger partial charge in [0.15, 0.2) is 0 Å². The third-order valence-electron chi connectivity index (χ3n) is 3.89. The molecule has 0 saturated heterocycles. The van der Waals surface area contributed by atoms with Crippen molar-refractivity contribution in [2.24, 2.45) is 0 Å². The lowest BCUT2D eigenvalue weighted by Gasteiger charge is -2.12. The van der Waals surface area contributed by atoms with Crippen LogP contribution in [0.15, 0.2) is 65.6 Å². The maximum absolute atomic E-state index is 12.6. The number of carbonyl (C=O) groups is 1. The Morgan fingerprint density at radius 3 is 2.36 bits per heavy atom. The molecule has 0 saturated carbocycles. The van der Waals surface area contributed by atoms with E-state index in [-0.39, 0.29) is 21.8 Å². The number of esters is 1. The second-order valence-electron chi connectivity index (χ2n) is 5.47. The van der Waals surface area contributed by atoms with Gasteiger partial charge >= 0.3 is 16.1 Å². The largest absolute Gasteiger partial charge is 0.465 e. The topological polar surface area (TPSA) is 69.7 Å². The molecule has 0 aliphatic heterocycles. The minimum absolute atomic E-state index is 0.0661. The van der Waals surface area contributed by atoms with Crippen LogP contribution < -0.4 is 4.18 Å². The van der Waals surface area contributed by atoms with Crippen LogP contribution in [0.25, 0.3) is 10.8 Å². The number of carbonyl (C=O) groups excluding carboxylic acids is 1. The molecule has 3 rings (SSSR count). The van der Waals surface area contributed by atoms with Crippen LogP contribution in [0, 0.1) is 6.92 Å². The Bertz CT molecular complexity index is 1050. The fraction of sp³-hybridized carbons (Fsp3) is 0.105. The number of fused-ring (bicyclic) bond motifs is 1. The second kappa shape index (κ2) is 6.57. The molecule has 0 radical (unpaired) electrons. The SMILES string of the molecule is COC(=O)c1cccc(S(=O)(=O)Oc2ccc3ccccc3c2)c1C. The minimum Gasteiger partial charge on any atom is -0.465 e. The van der Waals surface area contributed by atoms with Crippen molar-refractivity contribution in [2.75, 3.05) is 7.11 Å². The second-order valence-corrected chi connectivity index (χ2v) is 6.98. The molecule has 0 unspecified atom stereocenters. The summed E-state index contributed by atoms with van der Waals surface area (Å²) < 4.78 is 35.2. The number of benzene rings is 3. The third kappa shape index (κ3) is 3.34. The van der Waals surface area contributed by atoms with Crippen molar-refractivity contribution in [3.05, 3.63) is 71.8 Å². The van der Waals surface area contributed by atoms with Crippen LogP contribution in [0.1, 0.15) is 15.9 Å². The van der Waals surface area contributed by atoms with Crippen molar-refractivity contribution in [3.8, 4) is 5.75 Å². The lowest BCUT2D eigenvalue weighted by Crippen LogP contribution is -2.14. The third-order valence-corrected chi connectivity index (χ3v) is 5.28. The van der Waals surface area contributed by atoms with Crippen LogP contribution in [0.5, 0.6) is 5.75 Å². The first-order valence-corrected chi connectivity index (χ1v) is 8.94. The van der Waals surface area contributed by atoms with Crippen LogP contribution in [0.4, 0.5) is 0 Å². The van der Waals surface area contributed by atoms with Crippen molar-refractivity contribution in [1.82, 2.24) is 0 Å². The lowest BCUT2D eigenvalue weighted by atomic mass is 10.1. The van der Waals surface area contributed by atoms with Crippen LogP contribution >= 0.6 is 0 Å². The number of hydrogen-bond acceptors (Lipinski definition) is 5. The molecule has 0 fully saturated rings. The Kier molecular flexibility index (Phi) is 4.46. The van der Waals surface area contributed by atoms with Crippen molar-refractivity contribution in [3.63, 3.8) is 0 Å². The summed E-state index contributed by atoms with van der Waals surface area (Å²) in [6, 6.07) is 17.0. The normalized spacial score (nSPS) is 11.3. The molecule has 0 aliphatic rings. The summed E-state index contributed by atoms with van der Waals surface area (Å²) in [5.41, 5.74) is 0.473. The van der Waals surface area contributed by atoms with E-state index in [1.54, 1.807) is 25.1 Å². The summed E-state index contributed by atoms with van der Waals surface area (Å²) in [5.74, 6) is -0.387. The van der Waals surface area contributed by atoms with E-state index in [0.717, 1.165) is 10.8 Å². The molecule has 0 N–H and O–H groups in total. The van der Waals surface area contributed by atoms with E-state index in [0.29, 0.717) is 0 Å². The van der Waals surface area contributed by atoms with Gasteiger partial charge in [0.2, 0.25) is 0 Å². The van der Waals surface area contributed by atoms with E-state index < -0.39 is 16.1 Å². The Morgan fingerprint density at radius 1 is 0.920 bits per heavy atom. The van der Waals surface area contributed by atoms with E-state index in [4.69, 9.17) is 4.18 Å². The van der Waals surface area contributed by atoms with Gasteiger partial charge in [-0.1, -0.05) is 36.4 Å². The predicted octanol–water partition coefficient (Wildman–Crippen LogP) is 3.70. The summed E-state index contributed by atoms with van der Waals surface area (Å²) in [4.78, 5) is 11.7. The zero-order valence-electron chi connectivity index (χ0n) is 13.7. The zero-order valence-corrected chi connectivity index (χ0v) is 14.5. The molecule has 3 aromatic carbocycles. The molecule has 0 heterocycles. The van der Waals surface area contributed by atoms with Crippen molar-refractivity contribution >= 4 is 26.9 Å². The summed E-state index contributed by atoms with van der Waals surface area (Å²) in [6.07, 6.45) is 0. The van der Waals surface area contributed by atoms with E-state index >= 15 is 0 Å². The van der Waals surface area contributed by atoms with Gasteiger partial charge in [-0.05, 0) is 47.5 Å². The summed E-state index contributed by atoms with van der Waals surface area (Å²) in [5, 5.41) is 1.85. The minimum atomic E-state index is -4.08. The molecule has 0 aromatic heterocycles. The standard InChI is InChI=1S/C19H16O5S/c1-13-17(19(20)23-2)8-5-9-18(13)25(21,22)24-16-11-10-14-6-3-4-7-15(14)12-16/h3-12H,1-2H3. The quantitative estimate of drug-likeness (QED) is 0.526. The molecule has 25 heavy (non-hydrogen) atoms. The van der Waals surface area contributed by atoms with Gasteiger partial charge in [-0.2, -0.15) is 8.42 Å². The molecular formula is C19H16O5S. The van der Waals surface area contributed by atoms with Crippen LogP contribution in [-0.2, 0) is 14.9 Å². The van der Waals surface area contributed by atoms with E-state index in [1.807, 2.05) is 24.3 Å². The number of hydrogen-bond donors (Lipinski definition) is 0. The van der Waals surface area contributed by atoms with Gasteiger partial charge in [0.25, 0.3) is 0 Å². The molecule has 0 bridgehead atoms. The fourth-order valence-corrected chi connectivity index (χ4v) is 3.78. The highest BCUT2D eigenvalue weighted by Gasteiger charge is 2.23. The van der Waals surface area contributed by atoms with Gasteiger partial charge in [-0.15, -0.1) is 0 Å². The Morgan fingerprint density at radius 2 is 1.64 bits per heavy atom. The molecule has 0 spiro atoms. The maximum Gasteiger partial charge on any atom is 0.339 e. The average molecular weight is 356 g/mol. The highest BCUT2D eigenvalue weighted by molar-refractivity contribution is 7.87. The molecule has 5 nitrogen and oxygen atoms in total. The van der Waals surface area contributed by atoms with Crippen LogP contribution in [0.3, 0.4) is 0 Å². The molecule has 6 heteroatoms. The van der Waals surface area contributed by atoms with Crippen LogP contribution in [0.2, 0.25) is 0 Å². The first-order valence-electron chi connectivity index (χ1n) is 7.53.